The molecule has 0 spiro atoms. The number of rotatable bonds is 11. The number of benzene rings is 3. The average Bonchev–Trinajstić information content (AvgIpc) is 2.84. The van der Waals surface area contributed by atoms with Crippen LogP contribution in [0.2, 0.25) is 5.02 Å². The number of ether oxygens (including phenoxy) is 2. The molecule has 0 saturated carbocycles. The first-order valence-electron chi connectivity index (χ1n) is 11.4. The van der Waals surface area contributed by atoms with E-state index in [2.05, 4.69) is 0 Å². The summed E-state index contributed by atoms with van der Waals surface area (Å²) in [5.41, 5.74) is 4.05. The Labute approximate surface area is 211 Å². The van der Waals surface area contributed by atoms with Crippen molar-refractivity contribution in [2.75, 3.05) is 20.8 Å². The van der Waals surface area contributed by atoms with Crippen LogP contribution in [0.4, 0.5) is 0 Å². The van der Waals surface area contributed by atoms with E-state index in [1.165, 1.54) is 0 Å². The molecule has 7 heteroatoms. The van der Waals surface area contributed by atoms with Crippen molar-refractivity contribution in [1.29, 1.82) is 0 Å². The van der Waals surface area contributed by atoms with Crippen LogP contribution in [0.1, 0.15) is 39.0 Å². The maximum atomic E-state index is 13.6. The van der Waals surface area contributed by atoms with Gasteiger partial charge >= 0.3 is 5.97 Å². The van der Waals surface area contributed by atoms with Gasteiger partial charge in [-0.25, -0.2) is 0 Å². The molecule has 184 valence electrons. The fraction of sp³-hybridized carbons (Fsp3) is 0.286. The number of aliphatic carboxylic acids is 1. The topological polar surface area (TPSA) is 76.1 Å². The minimum absolute atomic E-state index is 0.0362. The first kappa shape index (κ1) is 26.1. The Balaban J connectivity index is 1.83. The molecule has 0 aromatic heterocycles. The van der Waals surface area contributed by atoms with Gasteiger partial charge in [-0.15, -0.1) is 0 Å². The van der Waals surface area contributed by atoms with E-state index in [0.29, 0.717) is 40.7 Å². The van der Waals surface area contributed by atoms with E-state index in [1.54, 1.807) is 43.4 Å². The Morgan fingerprint density at radius 2 is 1.54 bits per heavy atom. The quantitative estimate of drug-likeness (QED) is 0.376. The summed E-state index contributed by atoms with van der Waals surface area (Å²) in [6.45, 7) is 2.80. The van der Waals surface area contributed by atoms with Gasteiger partial charge in [-0.2, -0.15) is 0 Å². The summed E-state index contributed by atoms with van der Waals surface area (Å²) in [6, 6.07) is 18.5. The number of amides is 1. The van der Waals surface area contributed by atoms with Crippen molar-refractivity contribution in [1.82, 2.24) is 4.90 Å². The number of aryl methyl sites for hydroxylation is 1. The molecule has 0 aliphatic heterocycles. The van der Waals surface area contributed by atoms with Crippen LogP contribution >= 0.6 is 11.6 Å². The van der Waals surface area contributed by atoms with Gasteiger partial charge in [-0.1, -0.05) is 48.0 Å². The van der Waals surface area contributed by atoms with Gasteiger partial charge in [0.05, 0.1) is 20.6 Å². The monoisotopic (exact) mass is 495 g/mol. The summed E-state index contributed by atoms with van der Waals surface area (Å²) in [5, 5.41) is 9.70. The number of carbonyl (C=O) groups excluding carboxylic acids is 1. The number of carboxylic acids is 1. The molecule has 1 N–H and O–H groups in total. The van der Waals surface area contributed by atoms with Gasteiger partial charge in [0.2, 0.25) is 0 Å². The molecule has 35 heavy (non-hydrogen) atoms. The van der Waals surface area contributed by atoms with E-state index in [4.69, 9.17) is 26.2 Å². The van der Waals surface area contributed by atoms with Crippen molar-refractivity contribution in [3.05, 3.63) is 93.5 Å². The Hall–Kier alpha value is -3.51. The smallest absolute Gasteiger partial charge is 0.307 e. The molecule has 3 aromatic rings. The number of nitrogens with zero attached hydrogens (tertiary/aromatic N) is 1. The third kappa shape index (κ3) is 7.23. The molecule has 0 aliphatic carbocycles. The van der Waals surface area contributed by atoms with Gasteiger partial charge in [-0.3, -0.25) is 9.59 Å². The Bertz CT molecular complexity index is 1150. The van der Waals surface area contributed by atoms with Crippen LogP contribution in [-0.4, -0.2) is 42.6 Å². The SMILES string of the molecule is COc1cc(C(=O)N(CCCc2cccc(Cl)c2)Cc2ccc(CC(=O)O)cc2)cc(OC)c1C. The van der Waals surface area contributed by atoms with E-state index < -0.39 is 5.97 Å². The first-order valence-corrected chi connectivity index (χ1v) is 11.7. The van der Waals surface area contributed by atoms with E-state index in [1.807, 2.05) is 43.3 Å². The van der Waals surface area contributed by atoms with Crippen LogP contribution in [0, 0.1) is 6.92 Å². The number of hydrogen-bond donors (Lipinski definition) is 1. The second-order valence-electron chi connectivity index (χ2n) is 8.35. The zero-order valence-corrected chi connectivity index (χ0v) is 21.0. The molecule has 0 bridgehead atoms. The lowest BCUT2D eigenvalue weighted by atomic mass is 10.1. The third-order valence-electron chi connectivity index (χ3n) is 5.82. The molecule has 0 atom stereocenters. The molecule has 6 nitrogen and oxygen atoms in total. The standard InChI is InChI=1S/C28H30ClNO5/c1-19-25(34-2)16-23(17-26(19)35-3)28(33)30(13-5-7-20-6-4-8-24(29)14-20)18-22-11-9-21(10-12-22)15-27(31)32/h4,6,8-12,14,16-17H,5,7,13,15,18H2,1-3H3,(H,31,32). The van der Waals surface area contributed by atoms with Gasteiger partial charge in [0.1, 0.15) is 11.5 Å². The lowest BCUT2D eigenvalue weighted by Crippen LogP contribution is -2.32. The summed E-state index contributed by atoms with van der Waals surface area (Å²) >= 11 is 6.11. The van der Waals surface area contributed by atoms with Crippen LogP contribution < -0.4 is 9.47 Å². The van der Waals surface area contributed by atoms with Gasteiger partial charge in [0.25, 0.3) is 5.91 Å². The van der Waals surface area contributed by atoms with Crippen LogP contribution in [0.3, 0.4) is 0 Å². The number of halogens is 1. The first-order chi connectivity index (χ1) is 16.8. The molecule has 0 radical (unpaired) electrons. The molecule has 0 heterocycles. The van der Waals surface area contributed by atoms with Crippen molar-refractivity contribution in [3.63, 3.8) is 0 Å². The fourth-order valence-corrected chi connectivity index (χ4v) is 4.18. The van der Waals surface area contributed by atoms with Gasteiger partial charge in [-0.05, 0) is 60.7 Å². The van der Waals surface area contributed by atoms with Crippen LogP contribution in [0.5, 0.6) is 11.5 Å². The van der Waals surface area contributed by atoms with Crippen LogP contribution in [-0.2, 0) is 24.2 Å². The molecule has 3 rings (SSSR count). The predicted molar refractivity (Wildman–Crippen MR) is 137 cm³/mol. The average molecular weight is 496 g/mol. The molecule has 0 unspecified atom stereocenters. The highest BCUT2D eigenvalue weighted by atomic mass is 35.5. The Morgan fingerprint density at radius 3 is 2.11 bits per heavy atom. The van der Waals surface area contributed by atoms with E-state index in [-0.39, 0.29) is 12.3 Å². The van der Waals surface area contributed by atoms with Crippen molar-refractivity contribution >= 4 is 23.5 Å². The zero-order chi connectivity index (χ0) is 25.4. The van der Waals surface area contributed by atoms with Gasteiger partial charge < -0.3 is 19.5 Å². The summed E-state index contributed by atoms with van der Waals surface area (Å²) < 4.78 is 10.9. The molecule has 0 fully saturated rings. The van der Waals surface area contributed by atoms with Crippen molar-refractivity contribution in [3.8, 4) is 11.5 Å². The minimum atomic E-state index is -0.877. The lowest BCUT2D eigenvalue weighted by Gasteiger charge is -2.24. The molecular formula is C28H30ClNO5. The second-order valence-corrected chi connectivity index (χ2v) is 8.79. The number of methoxy groups -OCH3 is 2. The number of hydrogen-bond acceptors (Lipinski definition) is 4. The molecule has 1 amide bonds. The predicted octanol–water partition coefficient (Wildman–Crippen LogP) is 5.57. The summed E-state index contributed by atoms with van der Waals surface area (Å²) in [4.78, 5) is 26.4. The largest absolute Gasteiger partial charge is 0.496 e. The summed E-state index contributed by atoms with van der Waals surface area (Å²) in [6.07, 6.45) is 1.50. The third-order valence-corrected chi connectivity index (χ3v) is 6.06. The maximum Gasteiger partial charge on any atom is 0.307 e. The number of carboxylic acid groups (broad SMARTS) is 1. The Morgan fingerprint density at radius 1 is 0.914 bits per heavy atom. The van der Waals surface area contributed by atoms with Gasteiger partial charge in [0, 0.05) is 29.2 Å². The highest BCUT2D eigenvalue weighted by Crippen LogP contribution is 2.30. The molecule has 0 saturated heterocycles. The fourth-order valence-electron chi connectivity index (χ4n) is 3.97. The maximum absolute atomic E-state index is 13.6. The Kier molecular flexibility index (Phi) is 9.15. The highest BCUT2D eigenvalue weighted by Gasteiger charge is 2.20. The van der Waals surface area contributed by atoms with Gasteiger partial charge in [0.15, 0.2) is 0 Å². The van der Waals surface area contributed by atoms with E-state index in [0.717, 1.165) is 29.5 Å². The summed E-state index contributed by atoms with van der Waals surface area (Å²) in [5.74, 6) is 0.161. The highest BCUT2D eigenvalue weighted by molar-refractivity contribution is 6.30. The zero-order valence-electron chi connectivity index (χ0n) is 20.2. The second kappa shape index (κ2) is 12.3. The molecular weight excluding hydrogens is 466 g/mol. The van der Waals surface area contributed by atoms with Crippen molar-refractivity contribution in [2.24, 2.45) is 0 Å². The van der Waals surface area contributed by atoms with Crippen molar-refractivity contribution in [2.45, 2.75) is 32.7 Å². The van der Waals surface area contributed by atoms with E-state index in [9.17, 15) is 9.59 Å². The van der Waals surface area contributed by atoms with Crippen LogP contribution in [0.25, 0.3) is 0 Å². The van der Waals surface area contributed by atoms with E-state index >= 15 is 0 Å². The molecule has 0 aliphatic rings. The normalized spacial score (nSPS) is 10.6. The minimum Gasteiger partial charge on any atom is -0.496 e. The molecule has 3 aromatic carbocycles. The van der Waals surface area contributed by atoms with Crippen LogP contribution in [0.15, 0.2) is 60.7 Å². The summed E-state index contributed by atoms with van der Waals surface area (Å²) in [7, 11) is 3.13. The van der Waals surface area contributed by atoms with Crippen molar-refractivity contribution < 1.29 is 24.2 Å². The number of carbonyl (C=O) groups is 2. The lowest BCUT2D eigenvalue weighted by molar-refractivity contribution is -0.136.